The largest absolute Gasteiger partial charge is 0.492 e. The van der Waals surface area contributed by atoms with Crippen molar-refractivity contribution < 1.29 is 9.53 Å². The van der Waals surface area contributed by atoms with E-state index in [2.05, 4.69) is 0 Å². The molecule has 2 heteroatoms. The smallest absolute Gasteiger partial charge is 0.156 e. The molecule has 0 saturated carbocycles. The van der Waals surface area contributed by atoms with Crippen molar-refractivity contribution in [1.29, 1.82) is 0 Å². The summed E-state index contributed by atoms with van der Waals surface area (Å²) in [5, 5.41) is 0. The van der Waals surface area contributed by atoms with Crippen LogP contribution >= 0.6 is 0 Å². The highest BCUT2D eigenvalue weighted by atomic mass is 16.5. The molecular formula is C13H12O2. The van der Waals surface area contributed by atoms with Crippen molar-refractivity contribution in [3.63, 3.8) is 0 Å². The molecule has 1 aromatic carbocycles. The van der Waals surface area contributed by atoms with Crippen LogP contribution in [0.25, 0.3) is 5.57 Å². The normalized spacial score (nSPS) is 23.6. The third-order valence-electron chi connectivity index (χ3n) is 3.13. The van der Waals surface area contributed by atoms with Gasteiger partial charge in [0.25, 0.3) is 0 Å². The number of para-hydroxylation sites is 1. The van der Waals surface area contributed by atoms with Crippen LogP contribution in [0.15, 0.2) is 30.3 Å². The Morgan fingerprint density at radius 3 is 3.07 bits per heavy atom. The van der Waals surface area contributed by atoms with Crippen LogP contribution in [0.5, 0.6) is 5.75 Å². The summed E-state index contributed by atoms with van der Waals surface area (Å²) in [6.45, 7) is 0.718. The summed E-state index contributed by atoms with van der Waals surface area (Å²) in [5.74, 6) is 1.57. The molecular weight excluding hydrogens is 188 g/mol. The lowest BCUT2D eigenvalue weighted by Crippen LogP contribution is -2.24. The number of rotatable bonds is 0. The summed E-state index contributed by atoms with van der Waals surface area (Å²) < 4.78 is 5.68. The van der Waals surface area contributed by atoms with Gasteiger partial charge >= 0.3 is 0 Å². The molecule has 0 bridgehead atoms. The summed E-state index contributed by atoms with van der Waals surface area (Å²) in [6, 6.07) is 7.95. The zero-order valence-corrected chi connectivity index (χ0v) is 8.40. The molecule has 15 heavy (non-hydrogen) atoms. The number of ketones is 1. The van der Waals surface area contributed by atoms with E-state index in [0.29, 0.717) is 12.3 Å². The quantitative estimate of drug-likeness (QED) is 0.643. The van der Waals surface area contributed by atoms with Gasteiger partial charge in [-0.25, -0.2) is 0 Å². The van der Waals surface area contributed by atoms with E-state index in [4.69, 9.17) is 4.74 Å². The minimum absolute atomic E-state index is 0.248. The fourth-order valence-corrected chi connectivity index (χ4v) is 2.33. The second-order valence-corrected chi connectivity index (χ2v) is 4.11. The van der Waals surface area contributed by atoms with Crippen LogP contribution in [0.2, 0.25) is 0 Å². The summed E-state index contributed by atoms with van der Waals surface area (Å²) >= 11 is 0. The number of carbonyl (C=O) groups excluding carboxylic acids is 1. The molecule has 0 aromatic heterocycles. The minimum Gasteiger partial charge on any atom is -0.492 e. The molecule has 0 N–H and O–H groups in total. The van der Waals surface area contributed by atoms with E-state index >= 15 is 0 Å². The van der Waals surface area contributed by atoms with Crippen LogP contribution in [-0.4, -0.2) is 12.4 Å². The molecule has 3 rings (SSSR count). The molecule has 1 heterocycles. The molecule has 1 aliphatic heterocycles. The van der Waals surface area contributed by atoms with Crippen molar-refractivity contribution in [3.05, 3.63) is 35.9 Å². The third-order valence-corrected chi connectivity index (χ3v) is 3.13. The number of hydrogen-bond acceptors (Lipinski definition) is 2. The van der Waals surface area contributed by atoms with Crippen molar-refractivity contribution in [3.8, 4) is 5.75 Å². The molecule has 1 aromatic rings. The maximum absolute atomic E-state index is 11.4. The lowest BCUT2D eigenvalue weighted by Gasteiger charge is -2.30. The van der Waals surface area contributed by atoms with E-state index in [1.807, 2.05) is 24.3 Å². The van der Waals surface area contributed by atoms with E-state index in [-0.39, 0.29) is 5.78 Å². The van der Waals surface area contributed by atoms with Crippen LogP contribution in [0.1, 0.15) is 18.4 Å². The van der Waals surface area contributed by atoms with Crippen LogP contribution in [0, 0.1) is 5.92 Å². The number of allylic oxidation sites excluding steroid dienone is 1. The highest BCUT2D eigenvalue weighted by Gasteiger charge is 2.28. The maximum Gasteiger partial charge on any atom is 0.156 e. The Hall–Kier alpha value is -1.57. The van der Waals surface area contributed by atoms with E-state index in [1.165, 1.54) is 5.57 Å². The fraction of sp³-hybridized carbons (Fsp3) is 0.308. The molecule has 1 atom stereocenters. The van der Waals surface area contributed by atoms with Gasteiger partial charge in [-0.05, 0) is 24.1 Å². The first-order valence-electron chi connectivity index (χ1n) is 5.31. The van der Waals surface area contributed by atoms with Gasteiger partial charge in [0.05, 0.1) is 6.61 Å². The van der Waals surface area contributed by atoms with Crippen LogP contribution in [0.3, 0.4) is 0 Å². The van der Waals surface area contributed by atoms with E-state index in [9.17, 15) is 4.79 Å². The van der Waals surface area contributed by atoms with Crippen molar-refractivity contribution >= 4 is 11.4 Å². The summed E-state index contributed by atoms with van der Waals surface area (Å²) in [5.41, 5.74) is 2.27. The lowest BCUT2D eigenvalue weighted by molar-refractivity contribution is -0.115. The van der Waals surface area contributed by atoms with Gasteiger partial charge in [-0.3, -0.25) is 4.79 Å². The van der Waals surface area contributed by atoms with Gasteiger partial charge in [0, 0.05) is 17.9 Å². The monoisotopic (exact) mass is 200 g/mol. The van der Waals surface area contributed by atoms with Crippen molar-refractivity contribution in [2.45, 2.75) is 12.8 Å². The average molecular weight is 200 g/mol. The molecule has 0 spiro atoms. The number of ether oxygens (including phenoxy) is 1. The summed E-state index contributed by atoms with van der Waals surface area (Å²) in [4.78, 5) is 11.4. The fourth-order valence-electron chi connectivity index (χ4n) is 2.33. The van der Waals surface area contributed by atoms with E-state index in [1.54, 1.807) is 6.08 Å². The average Bonchev–Trinajstić information content (AvgIpc) is 2.29. The van der Waals surface area contributed by atoms with Crippen molar-refractivity contribution in [2.75, 3.05) is 6.61 Å². The van der Waals surface area contributed by atoms with Gasteiger partial charge in [-0.1, -0.05) is 18.2 Å². The Kier molecular flexibility index (Phi) is 1.88. The van der Waals surface area contributed by atoms with Gasteiger partial charge in [0.1, 0.15) is 5.75 Å². The minimum atomic E-state index is 0.248. The zero-order valence-electron chi connectivity index (χ0n) is 8.40. The molecule has 2 aliphatic rings. The van der Waals surface area contributed by atoms with Crippen molar-refractivity contribution in [2.24, 2.45) is 5.92 Å². The summed E-state index contributed by atoms with van der Waals surface area (Å²) in [7, 11) is 0. The molecule has 1 unspecified atom stereocenters. The van der Waals surface area contributed by atoms with Crippen LogP contribution < -0.4 is 4.74 Å². The number of fused-ring (bicyclic) bond motifs is 3. The summed E-state index contributed by atoms with van der Waals surface area (Å²) in [6.07, 6.45) is 3.40. The molecule has 0 amide bonds. The SMILES string of the molecule is O=C1C=C2c3ccccc3OCC2CC1. The number of benzene rings is 1. The van der Waals surface area contributed by atoms with Crippen LogP contribution in [0.4, 0.5) is 0 Å². The first-order valence-corrected chi connectivity index (χ1v) is 5.31. The second-order valence-electron chi connectivity index (χ2n) is 4.11. The van der Waals surface area contributed by atoms with Crippen LogP contribution in [-0.2, 0) is 4.79 Å². The van der Waals surface area contributed by atoms with Gasteiger partial charge < -0.3 is 4.74 Å². The predicted molar refractivity (Wildman–Crippen MR) is 57.6 cm³/mol. The molecule has 2 nitrogen and oxygen atoms in total. The van der Waals surface area contributed by atoms with Gasteiger partial charge in [0.2, 0.25) is 0 Å². The maximum atomic E-state index is 11.4. The second kappa shape index (κ2) is 3.23. The number of hydrogen-bond donors (Lipinski definition) is 0. The van der Waals surface area contributed by atoms with Crippen molar-refractivity contribution in [1.82, 2.24) is 0 Å². The van der Waals surface area contributed by atoms with Gasteiger partial charge in [-0.2, -0.15) is 0 Å². The van der Waals surface area contributed by atoms with E-state index in [0.717, 1.165) is 24.3 Å². The predicted octanol–water partition coefficient (Wildman–Crippen LogP) is 2.44. The zero-order chi connectivity index (χ0) is 10.3. The highest BCUT2D eigenvalue weighted by molar-refractivity contribution is 5.99. The Morgan fingerprint density at radius 1 is 1.27 bits per heavy atom. The Labute approximate surface area is 88.6 Å². The standard InChI is InChI=1S/C13H12O2/c14-10-6-5-9-8-15-13-4-2-1-3-11(13)12(9)7-10/h1-4,7,9H,5-6,8H2. The molecule has 76 valence electrons. The molecule has 0 fully saturated rings. The topological polar surface area (TPSA) is 26.3 Å². The number of carbonyl (C=O) groups is 1. The van der Waals surface area contributed by atoms with Gasteiger partial charge in [-0.15, -0.1) is 0 Å². The Bertz CT molecular complexity index is 446. The molecule has 0 radical (unpaired) electrons. The van der Waals surface area contributed by atoms with Gasteiger partial charge in [0.15, 0.2) is 5.78 Å². The van der Waals surface area contributed by atoms with E-state index < -0.39 is 0 Å². The first kappa shape index (κ1) is 8.72. The molecule has 0 saturated heterocycles. The Morgan fingerprint density at radius 2 is 2.13 bits per heavy atom. The first-order chi connectivity index (χ1) is 7.34. The molecule has 1 aliphatic carbocycles. The third kappa shape index (κ3) is 1.37. The lowest BCUT2D eigenvalue weighted by atomic mass is 9.82. The Balaban J connectivity index is 2.14. The highest BCUT2D eigenvalue weighted by Crippen LogP contribution is 2.40.